The van der Waals surface area contributed by atoms with E-state index in [0.29, 0.717) is 0 Å². The number of halogens is 1. The minimum absolute atomic E-state index is 0.0489. The average molecular weight is 231 g/mol. The SMILES string of the molecule is [CH2]CC(C(CCF)[SH](=O)=O)[SH](=O)=O. The second kappa shape index (κ2) is 6.31. The van der Waals surface area contributed by atoms with Gasteiger partial charge in [0.15, 0.2) is 0 Å². The Morgan fingerprint density at radius 1 is 1.08 bits per heavy atom. The van der Waals surface area contributed by atoms with E-state index in [0.717, 1.165) is 0 Å². The largest absolute Gasteiger partial charge is 0.251 e. The monoisotopic (exact) mass is 231 g/mol. The number of rotatable bonds is 6. The van der Waals surface area contributed by atoms with E-state index in [1.165, 1.54) is 0 Å². The Morgan fingerprint density at radius 3 is 1.77 bits per heavy atom. The van der Waals surface area contributed by atoms with Gasteiger partial charge in [0.05, 0.1) is 17.2 Å². The van der Waals surface area contributed by atoms with Gasteiger partial charge < -0.3 is 0 Å². The molecule has 4 nitrogen and oxygen atoms in total. The van der Waals surface area contributed by atoms with E-state index < -0.39 is 38.6 Å². The van der Waals surface area contributed by atoms with Crippen LogP contribution in [0.25, 0.3) is 0 Å². The fourth-order valence-corrected chi connectivity index (χ4v) is 3.02. The summed E-state index contributed by atoms with van der Waals surface area (Å²) in [6.45, 7) is 2.48. The van der Waals surface area contributed by atoms with E-state index >= 15 is 0 Å². The second-order valence-electron chi connectivity index (χ2n) is 2.47. The highest BCUT2D eigenvalue weighted by Crippen LogP contribution is 2.10. The molecule has 0 spiro atoms. The fraction of sp³-hybridized carbons (Fsp3) is 0.833. The first-order valence-corrected chi connectivity index (χ1v) is 6.16. The summed E-state index contributed by atoms with van der Waals surface area (Å²) in [6.07, 6.45) is -0.325. The maximum absolute atomic E-state index is 11.9. The van der Waals surface area contributed by atoms with Crippen LogP contribution in [-0.2, 0) is 21.4 Å². The molecule has 0 aromatic rings. The predicted molar refractivity (Wildman–Crippen MR) is 48.8 cm³/mol. The van der Waals surface area contributed by atoms with Crippen molar-refractivity contribution in [2.75, 3.05) is 6.67 Å². The number of thiol groups is 2. The first-order valence-electron chi connectivity index (χ1n) is 3.66. The first-order chi connectivity index (χ1) is 6.04. The maximum Gasteiger partial charge on any atom is 0.144 e. The molecular weight excluding hydrogens is 219 g/mol. The molecule has 0 amide bonds. The molecular formula is C6H12FO4S2. The summed E-state index contributed by atoms with van der Waals surface area (Å²) >= 11 is 0. The van der Waals surface area contributed by atoms with Crippen molar-refractivity contribution in [2.24, 2.45) is 0 Å². The molecule has 0 aromatic carbocycles. The van der Waals surface area contributed by atoms with Gasteiger partial charge in [0.1, 0.15) is 21.4 Å². The van der Waals surface area contributed by atoms with Crippen LogP contribution in [0.5, 0.6) is 0 Å². The topological polar surface area (TPSA) is 68.3 Å². The Kier molecular flexibility index (Phi) is 6.23. The zero-order valence-corrected chi connectivity index (χ0v) is 8.68. The van der Waals surface area contributed by atoms with Crippen LogP contribution in [0, 0.1) is 6.92 Å². The molecule has 0 rings (SSSR count). The summed E-state index contributed by atoms with van der Waals surface area (Å²) in [6, 6.07) is 0. The number of hydrogen-bond donors (Lipinski definition) is 2. The summed E-state index contributed by atoms with van der Waals surface area (Å²) in [5.41, 5.74) is 0. The molecule has 2 unspecified atom stereocenters. The Morgan fingerprint density at radius 2 is 1.54 bits per heavy atom. The standard InChI is InChI=1S/C6H12FO4S2/c1-2-5(12(8)9)6(3-4-7)13(10)11/h5-6,12-13H,1-4H2. The van der Waals surface area contributed by atoms with Gasteiger partial charge in [-0.2, -0.15) is 0 Å². The van der Waals surface area contributed by atoms with Gasteiger partial charge in [-0.15, -0.1) is 0 Å². The zero-order valence-electron chi connectivity index (χ0n) is 6.89. The molecule has 0 saturated carbocycles. The van der Waals surface area contributed by atoms with Crippen LogP contribution in [0.2, 0.25) is 0 Å². The van der Waals surface area contributed by atoms with Crippen LogP contribution in [-0.4, -0.2) is 34.0 Å². The van der Waals surface area contributed by atoms with E-state index in [2.05, 4.69) is 6.92 Å². The Labute approximate surface area is 80.0 Å². The lowest BCUT2D eigenvalue weighted by Crippen LogP contribution is -2.29. The van der Waals surface area contributed by atoms with Crippen LogP contribution in [0.15, 0.2) is 0 Å². The summed E-state index contributed by atoms with van der Waals surface area (Å²) < 4.78 is 54.1. The van der Waals surface area contributed by atoms with Gasteiger partial charge in [0, 0.05) is 0 Å². The van der Waals surface area contributed by atoms with Crippen LogP contribution in [0.3, 0.4) is 0 Å². The van der Waals surface area contributed by atoms with Crippen LogP contribution < -0.4 is 0 Å². The lowest BCUT2D eigenvalue weighted by atomic mass is 10.2. The molecule has 0 aliphatic rings. The van der Waals surface area contributed by atoms with Crippen LogP contribution in [0.1, 0.15) is 12.8 Å². The van der Waals surface area contributed by atoms with Crippen LogP contribution >= 0.6 is 0 Å². The predicted octanol–water partition coefficient (Wildman–Crippen LogP) is -0.470. The third-order valence-corrected chi connectivity index (χ3v) is 4.24. The smallest absolute Gasteiger partial charge is 0.144 e. The molecule has 79 valence electrons. The number of hydrogen-bond acceptors (Lipinski definition) is 4. The van der Waals surface area contributed by atoms with Gasteiger partial charge in [0.2, 0.25) is 0 Å². The summed E-state index contributed by atoms with van der Waals surface area (Å²) in [5, 5.41) is -2.20. The normalized spacial score (nSPS) is 16.3. The summed E-state index contributed by atoms with van der Waals surface area (Å²) in [7, 11) is -5.77. The highest BCUT2D eigenvalue weighted by atomic mass is 32.2. The van der Waals surface area contributed by atoms with Crippen molar-refractivity contribution in [2.45, 2.75) is 23.3 Å². The molecule has 13 heavy (non-hydrogen) atoms. The third kappa shape index (κ3) is 4.04. The van der Waals surface area contributed by atoms with Crippen molar-refractivity contribution in [1.82, 2.24) is 0 Å². The van der Waals surface area contributed by atoms with E-state index in [-0.39, 0.29) is 12.8 Å². The highest BCUT2D eigenvalue weighted by Gasteiger charge is 2.24. The van der Waals surface area contributed by atoms with Crippen molar-refractivity contribution in [3.05, 3.63) is 6.92 Å². The average Bonchev–Trinajstić information content (AvgIpc) is 2.03. The Bertz CT molecular complexity index is 268. The molecule has 0 aliphatic carbocycles. The van der Waals surface area contributed by atoms with Gasteiger partial charge in [-0.3, -0.25) is 4.39 Å². The van der Waals surface area contributed by atoms with Crippen molar-refractivity contribution in [3.63, 3.8) is 0 Å². The minimum atomic E-state index is -2.91. The molecule has 0 N–H and O–H groups in total. The van der Waals surface area contributed by atoms with Gasteiger partial charge in [-0.25, -0.2) is 16.8 Å². The van der Waals surface area contributed by atoms with Gasteiger partial charge in [-0.1, -0.05) is 6.92 Å². The number of alkyl halides is 1. The van der Waals surface area contributed by atoms with Crippen LogP contribution in [0.4, 0.5) is 4.39 Å². The molecule has 1 radical (unpaired) electrons. The van der Waals surface area contributed by atoms with Crippen molar-refractivity contribution in [3.8, 4) is 0 Å². The quantitative estimate of drug-likeness (QED) is 0.606. The molecule has 0 saturated heterocycles. The Hall–Kier alpha value is -0.170. The van der Waals surface area contributed by atoms with E-state index in [1.54, 1.807) is 0 Å². The zero-order chi connectivity index (χ0) is 10.4. The maximum atomic E-state index is 11.9. The summed E-state index contributed by atoms with van der Waals surface area (Å²) in [5.74, 6) is 0. The molecule has 0 heterocycles. The molecule has 0 aromatic heterocycles. The van der Waals surface area contributed by atoms with Crippen molar-refractivity contribution in [1.29, 1.82) is 0 Å². The molecule has 7 heteroatoms. The van der Waals surface area contributed by atoms with E-state index in [1.807, 2.05) is 0 Å². The van der Waals surface area contributed by atoms with E-state index in [4.69, 9.17) is 0 Å². The van der Waals surface area contributed by atoms with Gasteiger partial charge >= 0.3 is 0 Å². The molecule has 0 bridgehead atoms. The molecule has 0 fully saturated rings. The first kappa shape index (κ1) is 12.8. The lowest BCUT2D eigenvalue weighted by molar-refractivity contribution is 0.453. The van der Waals surface area contributed by atoms with Crippen molar-refractivity contribution < 1.29 is 21.2 Å². The van der Waals surface area contributed by atoms with Gasteiger partial charge in [-0.05, 0) is 12.8 Å². The fourth-order valence-electron chi connectivity index (χ4n) is 0.988. The Balaban J connectivity index is 4.68. The summed E-state index contributed by atoms with van der Waals surface area (Å²) in [4.78, 5) is 0. The van der Waals surface area contributed by atoms with Gasteiger partial charge in [0.25, 0.3) is 0 Å². The highest BCUT2D eigenvalue weighted by molar-refractivity contribution is 7.77. The molecule has 0 aliphatic heterocycles. The minimum Gasteiger partial charge on any atom is -0.251 e. The van der Waals surface area contributed by atoms with E-state index in [9.17, 15) is 21.2 Å². The molecule has 2 atom stereocenters. The van der Waals surface area contributed by atoms with Crippen molar-refractivity contribution >= 4 is 21.4 Å². The third-order valence-electron chi connectivity index (χ3n) is 1.69. The second-order valence-corrected chi connectivity index (χ2v) is 4.94. The lowest BCUT2D eigenvalue weighted by Gasteiger charge is -2.13.